The molecular formula is C19H23F. The molecule has 0 heterocycles. The van der Waals surface area contributed by atoms with E-state index < -0.39 is 0 Å². The molecule has 0 aliphatic rings. The predicted octanol–water partition coefficient (Wildman–Crippen LogP) is 5.71. The van der Waals surface area contributed by atoms with E-state index in [4.69, 9.17) is 0 Å². The molecule has 2 aromatic rings. The highest BCUT2D eigenvalue weighted by molar-refractivity contribution is 5.39. The fraction of sp³-hybridized carbons (Fsp3) is 0.368. The van der Waals surface area contributed by atoms with Crippen molar-refractivity contribution >= 4 is 0 Å². The van der Waals surface area contributed by atoms with Gasteiger partial charge in [0.15, 0.2) is 0 Å². The summed E-state index contributed by atoms with van der Waals surface area (Å²) in [5.74, 6) is -0.163. The number of hydrogen-bond acceptors (Lipinski definition) is 0. The average Bonchev–Trinajstić information content (AvgIpc) is 2.48. The fourth-order valence-electron chi connectivity index (χ4n) is 3.25. The van der Waals surface area contributed by atoms with Crippen LogP contribution in [0.5, 0.6) is 0 Å². The molecule has 2 aromatic carbocycles. The van der Waals surface area contributed by atoms with Gasteiger partial charge in [0.25, 0.3) is 0 Å². The molecule has 0 fully saturated rings. The molecule has 1 heteroatoms. The Hall–Kier alpha value is -1.63. The Balaban J connectivity index is 2.54. The summed E-state index contributed by atoms with van der Waals surface area (Å²) in [5, 5.41) is 0. The molecule has 0 N–H and O–H groups in total. The molecule has 0 saturated carbocycles. The second kappa shape index (κ2) is 6.69. The molecular weight excluding hydrogens is 247 g/mol. The van der Waals surface area contributed by atoms with Gasteiger partial charge in [-0.05, 0) is 36.1 Å². The zero-order valence-electron chi connectivity index (χ0n) is 12.4. The predicted molar refractivity (Wildman–Crippen MR) is 83.4 cm³/mol. The minimum Gasteiger partial charge on any atom is -0.207 e. The topological polar surface area (TPSA) is 0 Å². The van der Waals surface area contributed by atoms with Crippen LogP contribution < -0.4 is 0 Å². The summed E-state index contributed by atoms with van der Waals surface area (Å²) in [6.45, 7) is 4.44. The van der Waals surface area contributed by atoms with Gasteiger partial charge < -0.3 is 0 Å². The fourth-order valence-corrected chi connectivity index (χ4v) is 3.25. The van der Waals surface area contributed by atoms with Crippen LogP contribution in [0.25, 0.3) is 0 Å². The Morgan fingerprint density at radius 2 is 1.25 bits per heavy atom. The molecule has 0 unspecified atom stereocenters. The highest BCUT2D eigenvalue weighted by Crippen LogP contribution is 2.40. The van der Waals surface area contributed by atoms with Gasteiger partial charge in [0, 0.05) is 5.41 Å². The molecule has 0 bridgehead atoms. The molecule has 0 aromatic heterocycles. The minimum absolute atomic E-state index is 0.0124. The van der Waals surface area contributed by atoms with Crippen LogP contribution in [0.4, 0.5) is 4.39 Å². The second-order valence-corrected chi connectivity index (χ2v) is 5.46. The molecule has 0 nitrogen and oxygen atoms in total. The monoisotopic (exact) mass is 270 g/mol. The molecule has 0 amide bonds. The van der Waals surface area contributed by atoms with Gasteiger partial charge in [-0.2, -0.15) is 0 Å². The third-order valence-electron chi connectivity index (χ3n) is 4.08. The molecule has 20 heavy (non-hydrogen) atoms. The van der Waals surface area contributed by atoms with Crippen LogP contribution in [0.15, 0.2) is 54.6 Å². The smallest absolute Gasteiger partial charge is 0.123 e. The Bertz CT molecular complexity index is 507. The molecule has 0 radical (unpaired) electrons. The van der Waals surface area contributed by atoms with Crippen LogP contribution in [0.2, 0.25) is 0 Å². The van der Waals surface area contributed by atoms with Crippen molar-refractivity contribution in [1.29, 1.82) is 0 Å². The summed E-state index contributed by atoms with van der Waals surface area (Å²) in [6.07, 6.45) is 4.42. The Labute approximate surface area is 121 Å². The van der Waals surface area contributed by atoms with Crippen LogP contribution in [-0.2, 0) is 5.41 Å². The second-order valence-electron chi connectivity index (χ2n) is 5.46. The number of rotatable bonds is 6. The van der Waals surface area contributed by atoms with Gasteiger partial charge in [0.1, 0.15) is 5.82 Å². The van der Waals surface area contributed by atoms with E-state index in [0.29, 0.717) is 0 Å². The normalized spacial score (nSPS) is 11.6. The van der Waals surface area contributed by atoms with Crippen molar-refractivity contribution in [2.45, 2.75) is 44.9 Å². The lowest BCUT2D eigenvalue weighted by atomic mass is 9.68. The van der Waals surface area contributed by atoms with Crippen LogP contribution in [0, 0.1) is 5.82 Å². The first-order valence-corrected chi connectivity index (χ1v) is 7.54. The third kappa shape index (κ3) is 2.92. The highest BCUT2D eigenvalue weighted by Gasteiger charge is 2.32. The molecule has 0 saturated heterocycles. The Kier molecular flexibility index (Phi) is 4.94. The van der Waals surface area contributed by atoms with Gasteiger partial charge in [0.2, 0.25) is 0 Å². The zero-order chi connectivity index (χ0) is 14.4. The van der Waals surface area contributed by atoms with Crippen molar-refractivity contribution in [2.75, 3.05) is 0 Å². The SMILES string of the molecule is CCCC(CCC)(c1ccccc1)c1ccc(F)cc1. The van der Waals surface area contributed by atoms with Crippen LogP contribution in [-0.4, -0.2) is 0 Å². The van der Waals surface area contributed by atoms with Crippen LogP contribution in [0.1, 0.15) is 50.7 Å². The van der Waals surface area contributed by atoms with Gasteiger partial charge in [-0.15, -0.1) is 0 Å². The number of benzene rings is 2. The van der Waals surface area contributed by atoms with Crippen LogP contribution in [0.3, 0.4) is 0 Å². The standard InChI is InChI=1S/C19H23F/c1-3-14-19(15-4-2,16-8-6-5-7-9-16)17-10-12-18(20)13-11-17/h5-13H,3-4,14-15H2,1-2H3. The van der Waals surface area contributed by atoms with Gasteiger partial charge in [-0.1, -0.05) is 69.2 Å². The Morgan fingerprint density at radius 1 is 0.750 bits per heavy atom. The lowest BCUT2D eigenvalue weighted by molar-refractivity contribution is 0.425. The van der Waals surface area contributed by atoms with Gasteiger partial charge in [-0.25, -0.2) is 4.39 Å². The van der Waals surface area contributed by atoms with Crippen molar-refractivity contribution < 1.29 is 4.39 Å². The summed E-state index contributed by atoms with van der Waals surface area (Å²) in [4.78, 5) is 0. The first kappa shape index (κ1) is 14.8. The molecule has 0 aliphatic heterocycles. The average molecular weight is 270 g/mol. The number of hydrogen-bond donors (Lipinski definition) is 0. The zero-order valence-corrected chi connectivity index (χ0v) is 12.4. The molecule has 106 valence electrons. The van der Waals surface area contributed by atoms with Crippen LogP contribution >= 0.6 is 0 Å². The molecule has 0 spiro atoms. The quantitative estimate of drug-likeness (QED) is 0.630. The summed E-state index contributed by atoms with van der Waals surface area (Å²) in [7, 11) is 0. The van der Waals surface area contributed by atoms with E-state index in [1.54, 1.807) is 12.1 Å². The van der Waals surface area contributed by atoms with Gasteiger partial charge in [0.05, 0.1) is 0 Å². The summed E-state index contributed by atoms with van der Waals surface area (Å²) < 4.78 is 13.2. The highest BCUT2D eigenvalue weighted by atomic mass is 19.1. The van der Waals surface area contributed by atoms with Gasteiger partial charge in [-0.3, -0.25) is 0 Å². The van der Waals surface area contributed by atoms with Crippen molar-refractivity contribution in [1.82, 2.24) is 0 Å². The van der Waals surface area contributed by atoms with E-state index in [0.717, 1.165) is 25.7 Å². The van der Waals surface area contributed by atoms with E-state index in [9.17, 15) is 4.39 Å². The minimum atomic E-state index is -0.163. The Morgan fingerprint density at radius 3 is 1.75 bits per heavy atom. The molecule has 0 aliphatic carbocycles. The van der Waals surface area contributed by atoms with E-state index in [-0.39, 0.29) is 11.2 Å². The van der Waals surface area contributed by atoms with Crippen molar-refractivity contribution in [3.8, 4) is 0 Å². The van der Waals surface area contributed by atoms with E-state index >= 15 is 0 Å². The maximum atomic E-state index is 13.2. The van der Waals surface area contributed by atoms with Crippen molar-refractivity contribution in [2.24, 2.45) is 0 Å². The van der Waals surface area contributed by atoms with E-state index in [1.165, 1.54) is 11.1 Å². The summed E-state index contributed by atoms with van der Waals surface area (Å²) in [5.41, 5.74) is 2.59. The third-order valence-corrected chi connectivity index (χ3v) is 4.08. The first-order valence-electron chi connectivity index (χ1n) is 7.54. The summed E-state index contributed by atoms with van der Waals surface area (Å²) in [6, 6.07) is 17.7. The lowest BCUT2D eigenvalue weighted by Crippen LogP contribution is -2.27. The number of halogens is 1. The van der Waals surface area contributed by atoms with E-state index in [2.05, 4.69) is 44.2 Å². The van der Waals surface area contributed by atoms with Crippen molar-refractivity contribution in [3.63, 3.8) is 0 Å². The lowest BCUT2D eigenvalue weighted by Gasteiger charge is -2.35. The molecule has 2 rings (SSSR count). The molecule has 0 atom stereocenters. The first-order chi connectivity index (χ1) is 9.73. The van der Waals surface area contributed by atoms with Gasteiger partial charge >= 0.3 is 0 Å². The maximum Gasteiger partial charge on any atom is 0.123 e. The summed E-state index contributed by atoms with van der Waals surface area (Å²) >= 11 is 0. The maximum absolute atomic E-state index is 13.2. The largest absolute Gasteiger partial charge is 0.207 e. The van der Waals surface area contributed by atoms with Crippen molar-refractivity contribution in [3.05, 3.63) is 71.5 Å². The van der Waals surface area contributed by atoms with E-state index in [1.807, 2.05) is 12.1 Å².